The summed E-state index contributed by atoms with van der Waals surface area (Å²) in [5, 5.41) is 0. The smallest absolute Gasteiger partial charge is 0.273 e. The lowest BCUT2D eigenvalue weighted by Gasteiger charge is -2.12. The SMILES string of the molecule is COCCOc1ccccc1C(=O)NNC(=O)Cc1ccc(OC)cc1. The van der Waals surface area contributed by atoms with Gasteiger partial charge in [0.15, 0.2) is 0 Å². The van der Waals surface area contributed by atoms with Gasteiger partial charge in [-0.3, -0.25) is 20.4 Å². The Morgan fingerprint density at radius 2 is 1.65 bits per heavy atom. The lowest BCUT2D eigenvalue weighted by Crippen LogP contribution is -2.42. The molecule has 2 rings (SSSR count). The molecule has 0 unspecified atom stereocenters. The quantitative estimate of drug-likeness (QED) is 0.554. The molecule has 0 heterocycles. The maximum absolute atomic E-state index is 12.3. The zero-order valence-corrected chi connectivity index (χ0v) is 14.8. The van der Waals surface area contributed by atoms with E-state index in [1.807, 2.05) is 0 Å². The topological polar surface area (TPSA) is 85.9 Å². The molecular weight excluding hydrogens is 336 g/mol. The van der Waals surface area contributed by atoms with Crippen molar-refractivity contribution in [3.8, 4) is 11.5 Å². The maximum Gasteiger partial charge on any atom is 0.273 e. The summed E-state index contributed by atoms with van der Waals surface area (Å²) in [5.74, 6) is 0.349. The van der Waals surface area contributed by atoms with Gasteiger partial charge < -0.3 is 14.2 Å². The minimum atomic E-state index is -0.457. The Balaban J connectivity index is 1.88. The van der Waals surface area contributed by atoms with Crippen molar-refractivity contribution in [2.75, 3.05) is 27.4 Å². The molecule has 0 radical (unpaired) electrons. The van der Waals surface area contributed by atoms with Gasteiger partial charge in [0.1, 0.15) is 18.1 Å². The van der Waals surface area contributed by atoms with E-state index in [0.29, 0.717) is 30.3 Å². The molecule has 0 aliphatic carbocycles. The number of nitrogens with one attached hydrogen (secondary N) is 2. The summed E-state index contributed by atoms with van der Waals surface area (Å²) in [5.41, 5.74) is 5.93. The number of hydrogen-bond acceptors (Lipinski definition) is 5. The molecule has 0 bridgehead atoms. The van der Waals surface area contributed by atoms with Crippen LogP contribution in [0.25, 0.3) is 0 Å². The van der Waals surface area contributed by atoms with Gasteiger partial charge in [-0.1, -0.05) is 24.3 Å². The van der Waals surface area contributed by atoms with Crippen molar-refractivity contribution in [1.82, 2.24) is 10.9 Å². The number of hydrogen-bond donors (Lipinski definition) is 2. The van der Waals surface area contributed by atoms with Crippen LogP contribution in [0.2, 0.25) is 0 Å². The Labute approximate surface area is 152 Å². The van der Waals surface area contributed by atoms with Crippen LogP contribution >= 0.6 is 0 Å². The number of carbonyl (C=O) groups is 2. The van der Waals surface area contributed by atoms with Crippen molar-refractivity contribution in [2.24, 2.45) is 0 Å². The van der Waals surface area contributed by atoms with Crippen LogP contribution in [0.1, 0.15) is 15.9 Å². The van der Waals surface area contributed by atoms with Crippen LogP contribution in [0.15, 0.2) is 48.5 Å². The van der Waals surface area contributed by atoms with Gasteiger partial charge in [0.2, 0.25) is 5.91 Å². The van der Waals surface area contributed by atoms with E-state index < -0.39 is 5.91 Å². The lowest BCUT2D eigenvalue weighted by atomic mass is 10.1. The summed E-state index contributed by atoms with van der Waals surface area (Å²) in [6, 6.07) is 13.9. The highest BCUT2D eigenvalue weighted by Crippen LogP contribution is 2.17. The molecule has 138 valence electrons. The van der Waals surface area contributed by atoms with E-state index in [9.17, 15) is 9.59 Å². The van der Waals surface area contributed by atoms with E-state index in [-0.39, 0.29) is 12.3 Å². The number of hydrazine groups is 1. The molecule has 7 nitrogen and oxygen atoms in total. The molecule has 2 aromatic rings. The molecule has 2 N–H and O–H groups in total. The monoisotopic (exact) mass is 358 g/mol. The number of amides is 2. The highest BCUT2D eigenvalue weighted by Gasteiger charge is 2.13. The van der Waals surface area contributed by atoms with Gasteiger partial charge in [-0.15, -0.1) is 0 Å². The van der Waals surface area contributed by atoms with E-state index in [2.05, 4.69) is 10.9 Å². The van der Waals surface area contributed by atoms with Crippen LogP contribution in [-0.4, -0.2) is 39.2 Å². The van der Waals surface area contributed by atoms with Gasteiger partial charge in [-0.25, -0.2) is 0 Å². The molecule has 7 heteroatoms. The Morgan fingerprint density at radius 3 is 2.35 bits per heavy atom. The first-order valence-corrected chi connectivity index (χ1v) is 8.07. The van der Waals surface area contributed by atoms with E-state index >= 15 is 0 Å². The minimum absolute atomic E-state index is 0.135. The third kappa shape index (κ3) is 5.78. The standard InChI is InChI=1S/C19H22N2O5/c1-24-11-12-26-17-6-4-3-5-16(17)19(23)21-20-18(22)13-14-7-9-15(25-2)10-8-14/h3-10H,11-13H2,1-2H3,(H,20,22)(H,21,23). The van der Waals surface area contributed by atoms with Crippen molar-refractivity contribution in [1.29, 1.82) is 0 Å². The third-order valence-corrected chi connectivity index (χ3v) is 3.52. The van der Waals surface area contributed by atoms with Gasteiger partial charge in [0.05, 0.1) is 25.7 Å². The summed E-state index contributed by atoms with van der Waals surface area (Å²) in [6.45, 7) is 0.735. The highest BCUT2D eigenvalue weighted by atomic mass is 16.5. The Kier molecular flexibility index (Phi) is 7.45. The van der Waals surface area contributed by atoms with Gasteiger partial charge in [0.25, 0.3) is 5.91 Å². The second-order valence-corrected chi connectivity index (χ2v) is 5.36. The van der Waals surface area contributed by atoms with Gasteiger partial charge in [-0.05, 0) is 29.8 Å². The van der Waals surface area contributed by atoms with Crippen LogP contribution < -0.4 is 20.3 Å². The van der Waals surface area contributed by atoms with Crippen LogP contribution in [0.3, 0.4) is 0 Å². The van der Waals surface area contributed by atoms with Crippen LogP contribution in [0.4, 0.5) is 0 Å². The van der Waals surface area contributed by atoms with Gasteiger partial charge in [0, 0.05) is 7.11 Å². The number of carbonyl (C=O) groups excluding carboxylic acids is 2. The molecule has 0 aromatic heterocycles. The number of para-hydroxylation sites is 1. The molecule has 0 saturated carbocycles. The number of methoxy groups -OCH3 is 2. The predicted octanol–water partition coefficient (Wildman–Crippen LogP) is 1.72. The molecule has 0 aliphatic rings. The first-order valence-electron chi connectivity index (χ1n) is 8.07. The second-order valence-electron chi connectivity index (χ2n) is 5.36. The van der Waals surface area contributed by atoms with Crippen molar-refractivity contribution in [3.05, 3.63) is 59.7 Å². The van der Waals surface area contributed by atoms with E-state index in [1.165, 1.54) is 0 Å². The Morgan fingerprint density at radius 1 is 0.923 bits per heavy atom. The molecule has 2 aromatic carbocycles. The molecule has 26 heavy (non-hydrogen) atoms. The van der Waals surface area contributed by atoms with E-state index in [4.69, 9.17) is 14.2 Å². The largest absolute Gasteiger partial charge is 0.497 e. The fourth-order valence-corrected chi connectivity index (χ4v) is 2.18. The lowest BCUT2D eigenvalue weighted by molar-refractivity contribution is -0.121. The molecule has 0 aliphatic heterocycles. The summed E-state index contributed by atoms with van der Waals surface area (Å²) < 4.78 is 15.5. The fraction of sp³-hybridized carbons (Fsp3) is 0.263. The Bertz CT molecular complexity index is 731. The maximum atomic E-state index is 12.3. The van der Waals surface area contributed by atoms with Crippen LogP contribution in [-0.2, 0) is 16.0 Å². The third-order valence-electron chi connectivity index (χ3n) is 3.52. The minimum Gasteiger partial charge on any atom is -0.497 e. The number of ether oxygens (including phenoxy) is 3. The average molecular weight is 358 g/mol. The van der Waals surface area contributed by atoms with Crippen LogP contribution in [0, 0.1) is 0 Å². The van der Waals surface area contributed by atoms with Crippen LogP contribution in [0.5, 0.6) is 11.5 Å². The summed E-state index contributed by atoms with van der Waals surface area (Å²) in [6.07, 6.45) is 0.135. The zero-order chi connectivity index (χ0) is 18.8. The summed E-state index contributed by atoms with van der Waals surface area (Å²) in [7, 11) is 3.15. The van der Waals surface area contributed by atoms with Gasteiger partial charge in [-0.2, -0.15) is 0 Å². The van der Waals surface area contributed by atoms with Crippen molar-refractivity contribution in [3.63, 3.8) is 0 Å². The van der Waals surface area contributed by atoms with E-state index in [0.717, 1.165) is 5.56 Å². The van der Waals surface area contributed by atoms with Gasteiger partial charge >= 0.3 is 0 Å². The molecule has 0 fully saturated rings. The number of rotatable bonds is 8. The molecule has 2 amide bonds. The molecule has 0 spiro atoms. The highest BCUT2D eigenvalue weighted by molar-refractivity contribution is 5.97. The van der Waals surface area contributed by atoms with E-state index in [1.54, 1.807) is 62.8 Å². The van der Waals surface area contributed by atoms with Crippen molar-refractivity contribution >= 4 is 11.8 Å². The molecule has 0 saturated heterocycles. The Hall–Kier alpha value is -3.06. The van der Waals surface area contributed by atoms with Crippen molar-refractivity contribution in [2.45, 2.75) is 6.42 Å². The van der Waals surface area contributed by atoms with Crippen molar-refractivity contribution < 1.29 is 23.8 Å². The normalized spacial score (nSPS) is 10.1. The predicted molar refractivity (Wildman–Crippen MR) is 96.1 cm³/mol. The second kappa shape index (κ2) is 10.0. The average Bonchev–Trinajstić information content (AvgIpc) is 2.67. The zero-order valence-electron chi connectivity index (χ0n) is 14.8. The fourth-order valence-electron chi connectivity index (χ4n) is 2.18. The first-order chi connectivity index (χ1) is 12.6. The molecular formula is C19H22N2O5. The summed E-state index contributed by atoms with van der Waals surface area (Å²) in [4.78, 5) is 24.3. The number of benzene rings is 2. The summed E-state index contributed by atoms with van der Waals surface area (Å²) >= 11 is 0. The first kappa shape index (κ1) is 19.3. The molecule has 0 atom stereocenters.